The molecule has 3 nitrogen and oxygen atoms in total. The minimum Gasteiger partial charge on any atom is -0.478 e. The highest BCUT2D eigenvalue weighted by atomic mass is 16.5. The predicted octanol–water partition coefficient (Wildman–Crippen LogP) is 4.83. The fourth-order valence-electron chi connectivity index (χ4n) is 2.90. The smallest absolute Gasteiger partial charge is 0.335 e. The summed E-state index contributed by atoms with van der Waals surface area (Å²) < 4.78 is 5.72. The average molecular weight is 282 g/mol. The van der Waals surface area contributed by atoms with Crippen molar-refractivity contribution in [1.82, 2.24) is 0 Å². The van der Waals surface area contributed by atoms with Crippen LogP contribution in [0.5, 0.6) is 11.5 Å². The van der Waals surface area contributed by atoms with E-state index in [4.69, 9.17) is 9.84 Å². The van der Waals surface area contributed by atoms with Crippen LogP contribution in [0.1, 0.15) is 47.5 Å². The monoisotopic (exact) mass is 282 g/mol. The van der Waals surface area contributed by atoms with E-state index in [2.05, 4.69) is 12.1 Å². The van der Waals surface area contributed by atoms with Gasteiger partial charge in [-0.15, -0.1) is 0 Å². The fraction of sp³-hybridized carbons (Fsp3) is 0.278. The van der Waals surface area contributed by atoms with Crippen molar-refractivity contribution in [2.75, 3.05) is 0 Å². The summed E-state index contributed by atoms with van der Waals surface area (Å²) in [5, 5.41) is 8.98. The van der Waals surface area contributed by atoms with Crippen LogP contribution < -0.4 is 4.74 Å². The fourth-order valence-corrected chi connectivity index (χ4v) is 2.90. The topological polar surface area (TPSA) is 46.5 Å². The van der Waals surface area contributed by atoms with Crippen molar-refractivity contribution in [1.29, 1.82) is 0 Å². The molecule has 1 aliphatic carbocycles. The van der Waals surface area contributed by atoms with Crippen LogP contribution in [0.4, 0.5) is 0 Å². The molecule has 0 unspecified atom stereocenters. The molecule has 0 saturated heterocycles. The Bertz CT molecular complexity index is 625. The molecule has 3 rings (SSSR count). The van der Waals surface area contributed by atoms with Crippen molar-refractivity contribution < 1.29 is 14.6 Å². The Kier molecular flexibility index (Phi) is 3.91. The molecule has 0 radical (unpaired) electrons. The number of carbonyl (C=O) groups is 1. The zero-order valence-electron chi connectivity index (χ0n) is 11.8. The van der Waals surface area contributed by atoms with Gasteiger partial charge in [-0.05, 0) is 54.7 Å². The van der Waals surface area contributed by atoms with Gasteiger partial charge in [-0.1, -0.05) is 31.0 Å². The standard InChI is InChI=1S/C18H18O3/c19-18(20)15-6-3-7-17(12-15)21-16-10-8-14(9-11-16)13-4-1-2-5-13/h3,6-13H,1-2,4-5H2,(H,19,20). The Balaban J connectivity index is 1.72. The third kappa shape index (κ3) is 3.24. The summed E-state index contributed by atoms with van der Waals surface area (Å²) in [7, 11) is 0. The summed E-state index contributed by atoms with van der Waals surface area (Å²) in [5.74, 6) is 1.02. The molecule has 1 N–H and O–H groups in total. The quantitative estimate of drug-likeness (QED) is 0.873. The first kappa shape index (κ1) is 13.7. The molecule has 1 saturated carbocycles. The van der Waals surface area contributed by atoms with Crippen molar-refractivity contribution in [2.45, 2.75) is 31.6 Å². The first-order valence-electron chi connectivity index (χ1n) is 7.33. The Hall–Kier alpha value is -2.29. The Morgan fingerprint density at radius 3 is 2.38 bits per heavy atom. The maximum absolute atomic E-state index is 10.9. The zero-order valence-corrected chi connectivity index (χ0v) is 11.8. The van der Waals surface area contributed by atoms with Crippen molar-refractivity contribution in [3.63, 3.8) is 0 Å². The van der Waals surface area contributed by atoms with Gasteiger partial charge in [0.25, 0.3) is 0 Å². The van der Waals surface area contributed by atoms with E-state index in [-0.39, 0.29) is 5.56 Å². The number of rotatable bonds is 4. The summed E-state index contributed by atoms with van der Waals surface area (Å²) in [6.45, 7) is 0. The van der Waals surface area contributed by atoms with Gasteiger partial charge in [-0.2, -0.15) is 0 Å². The molecule has 0 atom stereocenters. The van der Waals surface area contributed by atoms with Crippen molar-refractivity contribution in [3.8, 4) is 11.5 Å². The maximum atomic E-state index is 10.9. The van der Waals surface area contributed by atoms with Gasteiger partial charge < -0.3 is 9.84 Å². The van der Waals surface area contributed by atoms with Crippen LogP contribution in [0.25, 0.3) is 0 Å². The van der Waals surface area contributed by atoms with E-state index in [0.29, 0.717) is 11.7 Å². The molecule has 0 amide bonds. The van der Waals surface area contributed by atoms with Gasteiger partial charge in [0.05, 0.1) is 5.56 Å². The van der Waals surface area contributed by atoms with Crippen molar-refractivity contribution in [3.05, 3.63) is 59.7 Å². The third-order valence-corrected chi connectivity index (χ3v) is 4.02. The van der Waals surface area contributed by atoms with E-state index < -0.39 is 5.97 Å². The van der Waals surface area contributed by atoms with Gasteiger partial charge >= 0.3 is 5.97 Å². The number of hydrogen-bond donors (Lipinski definition) is 1. The lowest BCUT2D eigenvalue weighted by Gasteiger charge is -2.11. The van der Waals surface area contributed by atoms with Crippen LogP contribution >= 0.6 is 0 Å². The molecule has 0 aliphatic heterocycles. The van der Waals surface area contributed by atoms with Crippen molar-refractivity contribution >= 4 is 5.97 Å². The molecule has 2 aromatic carbocycles. The van der Waals surface area contributed by atoms with E-state index >= 15 is 0 Å². The highest BCUT2D eigenvalue weighted by molar-refractivity contribution is 5.88. The number of hydrogen-bond acceptors (Lipinski definition) is 2. The normalized spacial score (nSPS) is 15.0. The number of benzene rings is 2. The number of ether oxygens (including phenoxy) is 1. The molecule has 2 aromatic rings. The second-order valence-corrected chi connectivity index (χ2v) is 5.49. The lowest BCUT2D eigenvalue weighted by Crippen LogP contribution is -1.96. The van der Waals surface area contributed by atoms with Gasteiger partial charge in [-0.3, -0.25) is 0 Å². The van der Waals surface area contributed by atoms with Gasteiger partial charge in [0.2, 0.25) is 0 Å². The van der Waals surface area contributed by atoms with Crippen LogP contribution in [-0.2, 0) is 0 Å². The summed E-state index contributed by atoms with van der Waals surface area (Å²) in [5.41, 5.74) is 1.61. The summed E-state index contributed by atoms with van der Waals surface area (Å²) in [6.07, 6.45) is 5.21. The molecule has 1 aliphatic rings. The molecule has 0 bridgehead atoms. The van der Waals surface area contributed by atoms with Gasteiger partial charge in [0.15, 0.2) is 0 Å². The molecular formula is C18H18O3. The molecule has 0 heterocycles. The van der Waals surface area contributed by atoms with Crippen LogP contribution in [0, 0.1) is 0 Å². The molecule has 0 spiro atoms. The summed E-state index contributed by atoms with van der Waals surface area (Å²) >= 11 is 0. The van der Waals surface area contributed by atoms with Gasteiger partial charge in [0.1, 0.15) is 11.5 Å². The lowest BCUT2D eigenvalue weighted by atomic mass is 9.98. The Morgan fingerprint density at radius 2 is 1.71 bits per heavy atom. The third-order valence-electron chi connectivity index (χ3n) is 4.02. The number of aromatic carboxylic acids is 1. The summed E-state index contributed by atoms with van der Waals surface area (Å²) in [4.78, 5) is 10.9. The first-order chi connectivity index (χ1) is 10.2. The van der Waals surface area contributed by atoms with E-state index in [1.807, 2.05) is 12.1 Å². The number of carboxylic acids is 1. The molecule has 0 aromatic heterocycles. The molecule has 21 heavy (non-hydrogen) atoms. The van der Waals surface area contributed by atoms with Crippen molar-refractivity contribution in [2.24, 2.45) is 0 Å². The first-order valence-corrected chi connectivity index (χ1v) is 7.33. The van der Waals surface area contributed by atoms with Gasteiger partial charge in [0, 0.05) is 0 Å². The predicted molar refractivity (Wildman–Crippen MR) is 81.1 cm³/mol. The van der Waals surface area contributed by atoms with Crippen LogP contribution in [-0.4, -0.2) is 11.1 Å². The Morgan fingerprint density at radius 1 is 1.00 bits per heavy atom. The van der Waals surface area contributed by atoms with Gasteiger partial charge in [-0.25, -0.2) is 4.79 Å². The minimum absolute atomic E-state index is 0.232. The van der Waals surface area contributed by atoms with Crippen LogP contribution in [0.2, 0.25) is 0 Å². The van der Waals surface area contributed by atoms with E-state index in [1.54, 1.807) is 18.2 Å². The largest absolute Gasteiger partial charge is 0.478 e. The molecule has 108 valence electrons. The van der Waals surface area contributed by atoms with E-state index in [0.717, 1.165) is 5.75 Å². The van der Waals surface area contributed by atoms with E-state index in [1.165, 1.54) is 37.3 Å². The zero-order chi connectivity index (χ0) is 14.7. The minimum atomic E-state index is -0.947. The molecule has 1 fully saturated rings. The number of carboxylic acid groups (broad SMARTS) is 1. The molecular weight excluding hydrogens is 264 g/mol. The van der Waals surface area contributed by atoms with Crippen LogP contribution in [0.15, 0.2) is 48.5 Å². The maximum Gasteiger partial charge on any atom is 0.335 e. The van der Waals surface area contributed by atoms with Crippen LogP contribution in [0.3, 0.4) is 0 Å². The highest BCUT2D eigenvalue weighted by Crippen LogP contribution is 2.35. The van der Waals surface area contributed by atoms with E-state index in [9.17, 15) is 4.79 Å². The summed E-state index contributed by atoms with van der Waals surface area (Å²) in [6, 6.07) is 14.7. The molecule has 3 heteroatoms. The Labute approximate surface area is 124 Å². The average Bonchev–Trinajstić information content (AvgIpc) is 3.02. The second-order valence-electron chi connectivity index (χ2n) is 5.49. The SMILES string of the molecule is O=C(O)c1cccc(Oc2ccc(C3CCCC3)cc2)c1. The highest BCUT2D eigenvalue weighted by Gasteiger charge is 2.16. The second kappa shape index (κ2) is 6.00. The lowest BCUT2D eigenvalue weighted by molar-refractivity contribution is 0.0696.